The highest BCUT2D eigenvalue weighted by atomic mass is 16.5. The Kier molecular flexibility index (Phi) is 5.96. The first-order valence-corrected chi connectivity index (χ1v) is 9.05. The minimum atomic E-state index is -0.241. The second-order valence-electron chi connectivity index (χ2n) is 6.41. The molecule has 0 unspecified atom stereocenters. The largest absolute Gasteiger partial charge is 0.493 e. The molecule has 0 N–H and O–H groups in total. The Morgan fingerprint density at radius 1 is 1.00 bits per heavy atom. The molecule has 2 heterocycles. The number of piperidine rings is 1. The fourth-order valence-corrected chi connectivity index (χ4v) is 3.22. The van der Waals surface area contributed by atoms with Crippen molar-refractivity contribution in [2.24, 2.45) is 0 Å². The third kappa shape index (κ3) is 4.22. The maximum Gasteiger partial charge on any atom is 0.270 e. The zero-order valence-electron chi connectivity index (χ0n) is 15.7. The summed E-state index contributed by atoms with van der Waals surface area (Å²) in [6.45, 7) is 1.42. The van der Waals surface area contributed by atoms with Crippen LogP contribution in [0.3, 0.4) is 0 Å². The van der Waals surface area contributed by atoms with Crippen LogP contribution in [0.15, 0.2) is 47.4 Å². The van der Waals surface area contributed by atoms with Crippen LogP contribution in [0.2, 0.25) is 0 Å². The summed E-state index contributed by atoms with van der Waals surface area (Å²) in [5.74, 6) is 1.03. The van der Waals surface area contributed by atoms with Crippen LogP contribution < -0.4 is 15.0 Å². The average molecular weight is 368 g/mol. The molecule has 0 saturated carbocycles. The van der Waals surface area contributed by atoms with E-state index in [4.69, 9.17) is 9.47 Å². The van der Waals surface area contributed by atoms with Gasteiger partial charge in [-0.15, -0.1) is 0 Å². The number of nitrogens with zero attached hydrogens (tertiary/aromatic N) is 2. The molecule has 1 aliphatic rings. The van der Waals surface area contributed by atoms with E-state index in [1.807, 2.05) is 11.0 Å². The first-order valence-electron chi connectivity index (χ1n) is 9.05. The second-order valence-corrected chi connectivity index (χ2v) is 6.41. The number of pyridine rings is 1. The van der Waals surface area contributed by atoms with Gasteiger partial charge in [0.25, 0.3) is 11.5 Å². The number of aromatic nitrogens is 1. The number of carbonyl (C=O) groups is 1. The van der Waals surface area contributed by atoms with Gasteiger partial charge < -0.3 is 14.4 Å². The highest BCUT2D eigenvalue weighted by Crippen LogP contribution is 2.29. The molecular formula is C21H24N2O4. The molecule has 0 bridgehead atoms. The first-order chi connectivity index (χ1) is 13.1. The third-order valence-electron chi connectivity index (χ3n) is 4.66. The number of methoxy groups -OCH3 is 2. The SMILES string of the molecule is COc1ccc(/C=C(\C(=O)N2CCCCC2)n2ccccc2=O)cc1OC. The van der Waals surface area contributed by atoms with Crippen LogP contribution in [0, 0.1) is 0 Å². The van der Waals surface area contributed by atoms with Crippen molar-refractivity contribution in [2.75, 3.05) is 27.3 Å². The minimum Gasteiger partial charge on any atom is -0.493 e. The van der Waals surface area contributed by atoms with Crippen LogP contribution in [0.5, 0.6) is 11.5 Å². The van der Waals surface area contributed by atoms with Crippen molar-refractivity contribution in [2.45, 2.75) is 19.3 Å². The molecule has 0 atom stereocenters. The summed E-state index contributed by atoms with van der Waals surface area (Å²) in [5.41, 5.74) is 0.841. The van der Waals surface area contributed by atoms with Crippen molar-refractivity contribution in [3.8, 4) is 11.5 Å². The summed E-state index contributed by atoms with van der Waals surface area (Å²) < 4.78 is 12.0. The van der Waals surface area contributed by atoms with Gasteiger partial charge in [-0.3, -0.25) is 14.2 Å². The van der Waals surface area contributed by atoms with Crippen molar-refractivity contribution >= 4 is 17.7 Å². The predicted octanol–water partition coefficient (Wildman–Crippen LogP) is 2.88. The molecule has 1 fully saturated rings. The molecule has 0 radical (unpaired) electrons. The van der Waals surface area contributed by atoms with Gasteiger partial charge in [0.1, 0.15) is 5.70 Å². The summed E-state index contributed by atoms with van der Waals surface area (Å²) >= 11 is 0. The lowest BCUT2D eigenvalue weighted by Gasteiger charge is -2.28. The number of rotatable bonds is 5. The summed E-state index contributed by atoms with van der Waals surface area (Å²) in [5, 5.41) is 0. The van der Waals surface area contributed by atoms with E-state index < -0.39 is 0 Å². The van der Waals surface area contributed by atoms with Crippen LogP contribution in [0.25, 0.3) is 11.8 Å². The van der Waals surface area contributed by atoms with E-state index in [-0.39, 0.29) is 11.5 Å². The summed E-state index contributed by atoms with van der Waals surface area (Å²) in [6, 6.07) is 10.3. The lowest BCUT2D eigenvalue weighted by Crippen LogP contribution is -2.38. The van der Waals surface area contributed by atoms with E-state index in [1.165, 1.54) is 10.6 Å². The average Bonchev–Trinajstić information content (AvgIpc) is 2.72. The Morgan fingerprint density at radius 3 is 2.41 bits per heavy atom. The molecule has 0 spiro atoms. The quantitative estimate of drug-likeness (QED) is 0.762. The third-order valence-corrected chi connectivity index (χ3v) is 4.66. The van der Waals surface area contributed by atoms with Gasteiger partial charge in [0.05, 0.1) is 14.2 Å². The molecule has 1 saturated heterocycles. The van der Waals surface area contributed by atoms with Gasteiger partial charge in [0.15, 0.2) is 11.5 Å². The van der Waals surface area contributed by atoms with Crippen molar-refractivity contribution in [1.82, 2.24) is 9.47 Å². The number of hydrogen-bond donors (Lipinski definition) is 0. The fraction of sp³-hybridized carbons (Fsp3) is 0.333. The van der Waals surface area contributed by atoms with Crippen LogP contribution in [-0.4, -0.2) is 42.7 Å². The normalized spacial score (nSPS) is 14.7. The van der Waals surface area contributed by atoms with E-state index in [9.17, 15) is 9.59 Å². The molecule has 27 heavy (non-hydrogen) atoms. The van der Waals surface area contributed by atoms with Crippen LogP contribution >= 0.6 is 0 Å². The van der Waals surface area contributed by atoms with Gasteiger partial charge >= 0.3 is 0 Å². The van der Waals surface area contributed by atoms with Crippen molar-refractivity contribution < 1.29 is 14.3 Å². The maximum atomic E-state index is 13.2. The van der Waals surface area contributed by atoms with E-state index in [1.54, 1.807) is 50.8 Å². The highest BCUT2D eigenvalue weighted by Gasteiger charge is 2.22. The summed E-state index contributed by atoms with van der Waals surface area (Å²) in [6.07, 6.45) is 6.44. The van der Waals surface area contributed by atoms with E-state index in [0.717, 1.165) is 24.8 Å². The van der Waals surface area contributed by atoms with E-state index in [0.29, 0.717) is 30.3 Å². The minimum absolute atomic E-state index is 0.141. The second kappa shape index (κ2) is 8.58. The van der Waals surface area contributed by atoms with Crippen molar-refractivity contribution in [3.05, 3.63) is 58.5 Å². The molecule has 6 heteroatoms. The number of amides is 1. The molecule has 1 aliphatic heterocycles. The van der Waals surface area contributed by atoms with Gasteiger partial charge in [0, 0.05) is 25.4 Å². The smallest absolute Gasteiger partial charge is 0.270 e. The Balaban J connectivity index is 2.06. The summed E-state index contributed by atoms with van der Waals surface area (Å²) in [4.78, 5) is 27.4. The fourth-order valence-electron chi connectivity index (χ4n) is 3.22. The molecule has 0 aliphatic carbocycles. The molecule has 6 nitrogen and oxygen atoms in total. The summed E-state index contributed by atoms with van der Waals surface area (Å²) in [7, 11) is 3.13. The number of benzene rings is 1. The molecule has 3 rings (SSSR count). The Labute approximate surface area is 158 Å². The topological polar surface area (TPSA) is 60.8 Å². The zero-order chi connectivity index (χ0) is 19.2. The van der Waals surface area contributed by atoms with Gasteiger partial charge in [-0.05, 0) is 49.1 Å². The molecule has 1 amide bonds. The standard InChI is InChI=1S/C21H24N2O4/c1-26-18-10-9-16(15-19(18)27-2)14-17(23-13-7-4-8-20(23)24)21(25)22-11-5-3-6-12-22/h4,7-10,13-15H,3,5-6,11-12H2,1-2H3/b17-14+. The Morgan fingerprint density at radius 2 is 1.74 bits per heavy atom. The molecule has 142 valence electrons. The molecule has 1 aromatic heterocycles. The van der Waals surface area contributed by atoms with Gasteiger partial charge in [-0.1, -0.05) is 12.1 Å². The van der Waals surface area contributed by atoms with Crippen molar-refractivity contribution in [1.29, 1.82) is 0 Å². The van der Waals surface area contributed by atoms with E-state index >= 15 is 0 Å². The van der Waals surface area contributed by atoms with Crippen LogP contribution in [0.4, 0.5) is 0 Å². The Hall–Kier alpha value is -3.02. The van der Waals surface area contributed by atoms with Gasteiger partial charge in [-0.25, -0.2) is 0 Å². The van der Waals surface area contributed by atoms with Gasteiger partial charge in [0.2, 0.25) is 0 Å². The first kappa shape index (κ1) is 18.8. The number of likely N-dealkylation sites (tertiary alicyclic amines) is 1. The predicted molar refractivity (Wildman–Crippen MR) is 105 cm³/mol. The number of carbonyl (C=O) groups excluding carboxylic acids is 1. The van der Waals surface area contributed by atoms with E-state index in [2.05, 4.69) is 0 Å². The lowest BCUT2D eigenvalue weighted by molar-refractivity contribution is -0.126. The molecular weight excluding hydrogens is 344 g/mol. The zero-order valence-corrected chi connectivity index (χ0v) is 15.7. The highest BCUT2D eigenvalue weighted by molar-refractivity contribution is 6.18. The molecule has 1 aromatic carbocycles. The number of ether oxygens (including phenoxy) is 2. The maximum absolute atomic E-state index is 13.2. The monoisotopic (exact) mass is 368 g/mol. The lowest BCUT2D eigenvalue weighted by atomic mass is 10.1. The van der Waals surface area contributed by atoms with Crippen LogP contribution in [0.1, 0.15) is 24.8 Å². The van der Waals surface area contributed by atoms with Crippen LogP contribution in [-0.2, 0) is 4.79 Å². The number of hydrogen-bond acceptors (Lipinski definition) is 4. The molecule has 2 aromatic rings. The van der Waals surface area contributed by atoms with Gasteiger partial charge in [-0.2, -0.15) is 0 Å². The van der Waals surface area contributed by atoms with Crippen molar-refractivity contribution in [3.63, 3.8) is 0 Å². The Bertz CT molecular complexity index is 895.